The minimum Gasteiger partial charge on any atom is -0.491 e. The lowest BCUT2D eigenvalue weighted by molar-refractivity contribution is 0.0931. The van der Waals surface area contributed by atoms with Crippen LogP contribution in [0.3, 0.4) is 0 Å². The third kappa shape index (κ3) is 8.39. The third-order valence-electron chi connectivity index (χ3n) is 4.26. The molecule has 168 valence electrons. The molecule has 7 heteroatoms. The van der Waals surface area contributed by atoms with Crippen LogP contribution in [0, 0.1) is 0 Å². The molecule has 0 radical (unpaired) electrons. The van der Waals surface area contributed by atoms with Crippen molar-refractivity contribution in [2.45, 2.75) is 52.3 Å². The topological polar surface area (TPSA) is 99.7 Å². The molecule has 0 aromatic heterocycles. The quantitative estimate of drug-likeness (QED) is 0.493. The number of anilines is 1. The molecule has 0 spiro atoms. The summed E-state index contributed by atoms with van der Waals surface area (Å²) in [5.74, 6) is -0.0691. The van der Waals surface area contributed by atoms with E-state index in [0.29, 0.717) is 29.1 Å². The van der Waals surface area contributed by atoms with E-state index in [4.69, 9.17) is 4.74 Å². The van der Waals surface area contributed by atoms with E-state index in [2.05, 4.69) is 16.0 Å². The van der Waals surface area contributed by atoms with Crippen LogP contribution in [0.2, 0.25) is 0 Å². The average Bonchev–Trinajstić information content (AvgIpc) is 2.70. The molecular formula is C24H33N3O4. The molecule has 2 aromatic rings. The van der Waals surface area contributed by atoms with E-state index in [0.717, 1.165) is 0 Å². The maximum absolute atomic E-state index is 12.7. The first-order valence-electron chi connectivity index (χ1n) is 10.4. The van der Waals surface area contributed by atoms with Gasteiger partial charge in [-0.05, 0) is 71.0 Å². The van der Waals surface area contributed by atoms with Crippen LogP contribution in [-0.2, 0) is 0 Å². The molecule has 31 heavy (non-hydrogen) atoms. The number of hydrogen-bond acceptors (Lipinski definition) is 5. The zero-order valence-corrected chi connectivity index (χ0v) is 18.9. The number of benzene rings is 2. The summed E-state index contributed by atoms with van der Waals surface area (Å²) in [6, 6.07) is 13.5. The van der Waals surface area contributed by atoms with Gasteiger partial charge in [-0.25, -0.2) is 0 Å². The molecule has 1 unspecified atom stereocenters. The number of hydrogen-bond donors (Lipinski definition) is 4. The summed E-state index contributed by atoms with van der Waals surface area (Å²) in [5, 5.41) is 18.8. The van der Waals surface area contributed by atoms with Gasteiger partial charge in [0.05, 0.1) is 11.1 Å². The minimum atomic E-state index is -0.632. The number of carbonyl (C=O) groups excluding carboxylic acids is 2. The van der Waals surface area contributed by atoms with Gasteiger partial charge in [-0.2, -0.15) is 0 Å². The third-order valence-corrected chi connectivity index (χ3v) is 4.26. The van der Waals surface area contributed by atoms with E-state index in [-0.39, 0.29) is 30.0 Å². The smallest absolute Gasteiger partial charge is 0.256 e. The second-order valence-corrected chi connectivity index (χ2v) is 8.75. The summed E-state index contributed by atoms with van der Waals surface area (Å²) >= 11 is 0. The van der Waals surface area contributed by atoms with Crippen molar-refractivity contribution in [1.29, 1.82) is 0 Å². The number of nitrogens with one attached hydrogen (secondary N) is 3. The largest absolute Gasteiger partial charge is 0.491 e. The van der Waals surface area contributed by atoms with Gasteiger partial charge in [-0.3, -0.25) is 9.59 Å². The van der Waals surface area contributed by atoms with Crippen LogP contribution < -0.4 is 20.7 Å². The van der Waals surface area contributed by atoms with E-state index in [1.165, 1.54) is 0 Å². The Morgan fingerprint density at radius 2 is 1.55 bits per heavy atom. The van der Waals surface area contributed by atoms with Crippen molar-refractivity contribution < 1.29 is 19.4 Å². The molecule has 0 saturated heterocycles. The average molecular weight is 428 g/mol. The van der Waals surface area contributed by atoms with Crippen molar-refractivity contribution in [3.63, 3.8) is 0 Å². The van der Waals surface area contributed by atoms with E-state index >= 15 is 0 Å². The van der Waals surface area contributed by atoms with Crippen LogP contribution in [0.25, 0.3) is 0 Å². The lowest BCUT2D eigenvalue weighted by atomic mass is 10.1. The normalized spacial score (nSPS) is 12.4. The van der Waals surface area contributed by atoms with Crippen LogP contribution in [-0.4, -0.2) is 47.8 Å². The molecule has 0 fully saturated rings. The van der Waals surface area contributed by atoms with Crippen molar-refractivity contribution in [2.24, 2.45) is 0 Å². The molecule has 7 nitrogen and oxygen atoms in total. The Morgan fingerprint density at radius 1 is 0.968 bits per heavy atom. The van der Waals surface area contributed by atoms with E-state index < -0.39 is 6.10 Å². The molecule has 0 bridgehead atoms. The second-order valence-electron chi connectivity index (χ2n) is 8.75. The van der Waals surface area contributed by atoms with Crippen molar-refractivity contribution in [1.82, 2.24) is 10.6 Å². The van der Waals surface area contributed by atoms with Crippen molar-refractivity contribution in [2.75, 3.05) is 18.5 Å². The first-order chi connectivity index (χ1) is 14.5. The fourth-order valence-electron chi connectivity index (χ4n) is 2.73. The maximum Gasteiger partial charge on any atom is 0.256 e. The van der Waals surface area contributed by atoms with Gasteiger partial charge in [0.1, 0.15) is 18.5 Å². The number of β-amino-alcohol motifs (C(OH)–C–C–N with tert-alkyl or cyclic N) is 1. The number of carbonyl (C=O) groups is 2. The Morgan fingerprint density at radius 3 is 2.10 bits per heavy atom. The van der Waals surface area contributed by atoms with Crippen molar-refractivity contribution >= 4 is 17.5 Å². The van der Waals surface area contributed by atoms with Crippen LogP contribution in [0.5, 0.6) is 5.75 Å². The number of rotatable bonds is 9. The maximum atomic E-state index is 12.7. The number of aliphatic hydroxyl groups excluding tert-OH is 1. The fraction of sp³-hybridized carbons (Fsp3) is 0.417. The van der Waals surface area contributed by atoms with Crippen LogP contribution >= 0.6 is 0 Å². The Hall–Kier alpha value is -2.90. The predicted octanol–water partition coefficient (Wildman–Crippen LogP) is 3.20. The molecule has 1 atom stereocenters. The second kappa shape index (κ2) is 10.9. The first kappa shape index (κ1) is 24.4. The molecular weight excluding hydrogens is 394 g/mol. The van der Waals surface area contributed by atoms with Gasteiger partial charge in [-0.15, -0.1) is 0 Å². The van der Waals surface area contributed by atoms with Gasteiger partial charge < -0.3 is 25.8 Å². The lowest BCUT2D eigenvalue weighted by Gasteiger charge is -2.23. The highest BCUT2D eigenvalue weighted by Crippen LogP contribution is 2.18. The summed E-state index contributed by atoms with van der Waals surface area (Å²) in [6.45, 7) is 10.4. The first-order valence-corrected chi connectivity index (χ1v) is 10.4. The SMILES string of the molecule is CC(C)NC(=O)c1ccccc1C(=O)Nc1ccc(OCC(O)CNC(C)(C)C)cc1. The number of amides is 2. The van der Waals surface area contributed by atoms with Gasteiger partial charge in [0.25, 0.3) is 11.8 Å². The summed E-state index contributed by atoms with van der Waals surface area (Å²) in [6.07, 6.45) is -0.632. The standard InChI is InChI=1S/C24H33N3O4/c1-16(2)26-22(29)20-8-6-7-9-21(20)23(30)27-17-10-12-19(13-11-17)31-15-18(28)14-25-24(3,4)5/h6-13,16,18,25,28H,14-15H2,1-5H3,(H,26,29)(H,27,30). The van der Waals surface area contributed by atoms with Gasteiger partial charge >= 0.3 is 0 Å². The van der Waals surface area contributed by atoms with Crippen LogP contribution in [0.15, 0.2) is 48.5 Å². The van der Waals surface area contributed by atoms with E-state index in [1.807, 2.05) is 34.6 Å². The molecule has 2 aromatic carbocycles. The molecule has 0 aliphatic rings. The molecule has 2 amide bonds. The highest BCUT2D eigenvalue weighted by atomic mass is 16.5. The van der Waals surface area contributed by atoms with Gasteiger partial charge in [0.2, 0.25) is 0 Å². The Balaban J connectivity index is 1.95. The fourth-order valence-corrected chi connectivity index (χ4v) is 2.73. The Kier molecular flexibility index (Phi) is 8.59. The number of aliphatic hydroxyl groups is 1. The summed E-state index contributed by atoms with van der Waals surface area (Å²) < 4.78 is 5.61. The van der Waals surface area contributed by atoms with Gasteiger partial charge in [-0.1, -0.05) is 12.1 Å². The highest BCUT2D eigenvalue weighted by Gasteiger charge is 2.17. The van der Waals surface area contributed by atoms with Gasteiger partial charge in [0, 0.05) is 23.8 Å². The zero-order valence-electron chi connectivity index (χ0n) is 18.9. The Bertz CT molecular complexity index is 873. The van der Waals surface area contributed by atoms with Crippen LogP contribution in [0.1, 0.15) is 55.3 Å². The van der Waals surface area contributed by atoms with E-state index in [1.54, 1.807) is 48.5 Å². The van der Waals surface area contributed by atoms with Crippen molar-refractivity contribution in [3.05, 3.63) is 59.7 Å². The molecule has 0 aliphatic heterocycles. The summed E-state index contributed by atoms with van der Waals surface area (Å²) in [4.78, 5) is 25.1. The molecule has 0 aliphatic carbocycles. The molecule has 0 saturated carbocycles. The van der Waals surface area contributed by atoms with Crippen molar-refractivity contribution in [3.8, 4) is 5.75 Å². The van der Waals surface area contributed by atoms with E-state index in [9.17, 15) is 14.7 Å². The minimum absolute atomic E-state index is 0.0288. The summed E-state index contributed by atoms with van der Waals surface area (Å²) in [5.41, 5.74) is 1.13. The predicted molar refractivity (Wildman–Crippen MR) is 123 cm³/mol. The van der Waals surface area contributed by atoms with Gasteiger partial charge in [0.15, 0.2) is 0 Å². The number of ether oxygens (including phenoxy) is 1. The zero-order chi connectivity index (χ0) is 23.0. The van der Waals surface area contributed by atoms with Crippen LogP contribution in [0.4, 0.5) is 5.69 Å². The summed E-state index contributed by atoms with van der Waals surface area (Å²) in [7, 11) is 0. The molecule has 0 heterocycles. The molecule has 2 rings (SSSR count). The lowest BCUT2D eigenvalue weighted by Crippen LogP contribution is -2.42. The highest BCUT2D eigenvalue weighted by molar-refractivity contribution is 6.12. The monoisotopic (exact) mass is 427 g/mol. The molecule has 4 N–H and O–H groups in total. The Labute approximate surface area is 184 Å².